The van der Waals surface area contributed by atoms with E-state index < -0.39 is 6.17 Å². The summed E-state index contributed by atoms with van der Waals surface area (Å²) in [6, 6.07) is 19.6. The Hall–Kier alpha value is -3.12. The van der Waals surface area contributed by atoms with Crippen LogP contribution in [0.4, 0.5) is 5.69 Å². The molecular weight excluding hydrogens is 360 g/mol. The van der Waals surface area contributed by atoms with Gasteiger partial charge in [0.2, 0.25) is 5.78 Å². The van der Waals surface area contributed by atoms with E-state index in [1.807, 2.05) is 48.7 Å². The highest BCUT2D eigenvalue weighted by atomic mass is 32.1. The number of thiophene rings is 1. The van der Waals surface area contributed by atoms with E-state index in [-0.39, 0.29) is 11.7 Å². The molecule has 5 nitrogen and oxygen atoms in total. The molecule has 0 saturated heterocycles. The molecule has 1 heterocycles. The molecule has 138 valence electrons. The van der Waals surface area contributed by atoms with Crippen molar-refractivity contribution in [3.8, 4) is 5.75 Å². The molecule has 1 aromatic heterocycles. The maximum Gasteiger partial charge on any atom is 0.253 e. The summed E-state index contributed by atoms with van der Waals surface area (Å²) < 4.78 is 5.43. The summed E-state index contributed by atoms with van der Waals surface area (Å²) in [6.07, 6.45) is -0.880. The Labute approximate surface area is 162 Å². The summed E-state index contributed by atoms with van der Waals surface area (Å²) in [4.78, 5) is 26.0. The molecule has 3 aromatic rings. The molecule has 0 bridgehead atoms. The van der Waals surface area contributed by atoms with Gasteiger partial charge < -0.3 is 15.4 Å². The largest absolute Gasteiger partial charge is 0.494 e. The fraction of sp³-hybridized carbons (Fsp3) is 0.143. The lowest BCUT2D eigenvalue weighted by molar-refractivity contribution is 0.0871. The Balaban J connectivity index is 1.79. The van der Waals surface area contributed by atoms with Crippen LogP contribution in [-0.4, -0.2) is 24.5 Å². The number of ether oxygens (including phenoxy) is 1. The van der Waals surface area contributed by atoms with Crippen LogP contribution in [0.5, 0.6) is 5.75 Å². The first-order valence-electron chi connectivity index (χ1n) is 8.60. The predicted molar refractivity (Wildman–Crippen MR) is 108 cm³/mol. The van der Waals surface area contributed by atoms with E-state index in [2.05, 4.69) is 10.6 Å². The molecule has 0 unspecified atom stereocenters. The van der Waals surface area contributed by atoms with Crippen molar-refractivity contribution in [2.45, 2.75) is 13.1 Å². The molecule has 27 heavy (non-hydrogen) atoms. The number of carbonyl (C=O) groups is 2. The molecule has 0 aliphatic rings. The minimum absolute atomic E-state index is 0.192. The Morgan fingerprint density at radius 2 is 1.74 bits per heavy atom. The predicted octanol–water partition coefficient (Wildman–Crippen LogP) is 4.20. The van der Waals surface area contributed by atoms with E-state index in [0.29, 0.717) is 22.7 Å². The maximum absolute atomic E-state index is 12.9. The van der Waals surface area contributed by atoms with Crippen LogP contribution in [0, 0.1) is 0 Å². The average Bonchev–Trinajstić information content (AvgIpc) is 3.24. The fourth-order valence-electron chi connectivity index (χ4n) is 2.51. The van der Waals surface area contributed by atoms with Gasteiger partial charge in [-0.1, -0.05) is 24.3 Å². The minimum Gasteiger partial charge on any atom is -0.494 e. The standard InChI is InChI=1S/C21H20N2O3S/c1-2-26-17-12-10-16(11-13-17)22-20(19(24)18-9-6-14-27-18)23-21(25)15-7-4-3-5-8-15/h3-14,20,22H,2H2,1H3,(H,23,25)/t20-/m1/s1. The third-order valence-electron chi connectivity index (χ3n) is 3.81. The van der Waals surface area contributed by atoms with Crippen molar-refractivity contribution < 1.29 is 14.3 Å². The number of nitrogens with one attached hydrogen (secondary N) is 2. The lowest BCUT2D eigenvalue weighted by atomic mass is 10.2. The van der Waals surface area contributed by atoms with Gasteiger partial charge in [-0.3, -0.25) is 9.59 Å². The number of Topliss-reactive ketones (excluding diaryl/α,β-unsaturated/α-hetero) is 1. The highest BCUT2D eigenvalue weighted by Gasteiger charge is 2.23. The summed E-state index contributed by atoms with van der Waals surface area (Å²) in [7, 11) is 0. The number of amides is 1. The quantitative estimate of drug-likeness (QED) is 0.454. The molecule has 0 aliphatic carbocycles. The van der Waals surface area contributed by atoms with Gasteiger partial charge in [-0.25, -0.2) is 0 Å². The molecule has 2 N–H and O–H groups in total. The van der Waals surface area contributed by atoms with Gasteiger partial charge in [0.25, 0.3) is 5.91 Å². The van der Waals surface area contributed by atoms with E-state index in [4.69, 9.17) is 4.74 Å². The van der Waals surface area contributed by atoms with E-state index in [1.165, 1.54) is 11.3 Å². The number of rotatable bonds is 8. The molecule has 0 aliphatic heterocycles. The van der Waals surface area contributed by atoms with Crippen molar-refractivity contribution >= 4 is 28.7 Å². The first kappa shape index (κ1) is 18.7. The molecule has 6 heteroatoms. The second kappa shape index (κ2) is 9.00. The van der Waals surface area contributed by atoms with Crippen molar-refractivity contribution in [3.63, 3.8) is 0 Å². The summed E-state index contributed by atoms with van der Waals surface area (Å²) >= 11 is 1.34. The fourth-order valence-corrected chi connectivity index (χ4v) is 3.21. The second-order valence-corrected chi connectivity index (χ2v) is 6.66. The zero-order chi connectivity index (χ0) is 19.1. The molecule has 0 fully saturated rings. The van der Waals surface area contributed by atoms with Crippen LogP contribution in [-0.2, 0) is 0 Å². The summed E-state index contributed by atoms with van der Waals surface area (Å²) in [6.45, 7) is 2.50. The Morgan fingerprint density at radius 1 is 1.00 bits per heavy atom. The number of carbonyl (C=O) groups excluding carboxylic acids is 2. The average molecular weight is 380 g/mol. The van der Waals surface area contributed by atoms with E-state index in [0.717, 1.165) is 5.75 Å². The van der Waals surface area contributed by atoms with Gasteiger partial charge in [0.05, 0.1) is 11.5 Å². The SMILES string of the molecule is CCOc1ccc(N[C@H](NC(=O)c2ccccc2)C(=O)c2cccs2)cc1. The number of ketones is 1. The van der Waals surface area contributed by atoms with E-state index in [9.17, 15) is 9.59 Å². The molecular formula is C21H20N2O3S. The lowest BCUT2D eigenvalue weighted by Crippen LogP contribution is -2.46. The smallest absolute Gasteiger partial charge is 0.253 e. The Kier molecular flexibility index (Phi) is 6.22. The minimum atomic E-state index is -0.880. The molecule has 0 spiro atoms. The number of hydrogen-bond donors (Lipinski definition) is 2. The molecule has 3 rings (SSSR count). The van der Waals surface area contributed by atoms with Crippen LogP contribution >= 0.6 is 11.3 Å². The van der Waals surface area contributed by atoms with Gasteiger partial charge in [0.15, 0.2) is 6.17 Å². The monoisotopic (exact) mass is 380 g/mol. The van der Waals surface area contributed by atoms with E-state index in [1.54, 1.807) is 30.3 Å². The summed E-state index contributed by atoms with van der Waals surface area (Å²) in [5.74, 6) is 0.240. The normalized spacial score (nSPS) is 11.4. The lowest BCUT2D eigenvalue weighted by Gasteiger charge is -2.20. The molecule has 1 atom stereocenters. The third-order valence-corrected chi connectivity index (χ3v) is 4.70. The topological polar surface area (TPSA) is 67.4 Å². The van der Waals surface area contributed by atoms with Crippen molar-refractivity contribution in [1.29, 1.82) is 0 Å². The Bertz CT molecular complexity index is 878. The van der Waals surface area contributed by atoms with Crippen LogP contribution < -0.4 is 15.4 Å². The number of anilines is 1. The van der Waals surface area contributed by atoms with Gasteiger partial charge in [0, 0.05) is 11.3 Å². The van der Waals surface area contributed by atoms with Gasteiger partial charge in [-0.05, 0) is 54.8 Å². The van der Waals surface area contributed by atoms with Gasteiger partial charge >= 0.3 is 0 Å². The van der Waals surface area contributed by atoms with Gasteiger partial charge in [-0.15, -0.1) is 11.3 Å². The highest BCUT2D eigenvalue weighted by molar-refractivity contribution is 7.12. The van der Waals surface area contributed by atoms with Crippen LogP contribution in [0.15, 0.2) is 72.1 Å². The third kappa shape index (κ3) is 4.95. The molecule has 1 amide bonds. The Morgan fingerprint density at radius 3 is 2.37 bits per heavy atom. The first-order valence-corrected chi connectivity index (χ1v) is 9.48. The summed E-state index contributed by atoms with van der Waals surface area (Å²) in [5, 5.41) is 7.73. The van der Waals surface area contributed by atoms with Gasteiger partial charge in [0.1, 0.15) is 5.75 Å². The maximum atomic E-state index is 12.9. The van der Waals surface area contributed by atoms with E-state index >= 15 is 0 Å². The van der Waals surface area contributed by atoms with Crippen LogP contribution in [0.3, 0.4) is 0 Å². The number of benzene rings is 2. The van der Waals surface area contributed by atoms with Crippen molar-refractivity contribution in [2.75, 3.05) is 11.9 Å². The van der Waals surface area contributed by atoms with Crippen molar-refractivity contribution in [3.05, 3.63) is 82.6 Å². The summed E-state index contributed by atoms with van der Waals surface area (Å²) in [5.41, 5.74) is 1.21. The highest BCUT2D eigenvalue weighted by Crippen LogP contribution is 2.18. The van der Waals surface area contributed by atoms with Gasteiger partial charge in [-0.2, -0.15) is 0 Å². The molecule has 0 saturated carbocycles. The molecule has 0 radical (unpaired) electrons. The number of hydrogen-bond acceptors (Lipinski definition) is 5. The van der Waals surface area contributed by atoms with Crippen LogP contribution in [0.2, 0.25) is 0 Å². The zero-order valence-corrected chi connectivity index (χ0v) is 15.7. The van der Waals surface area contributed by atoms with Crippen LogP contribution in [0.25, 0.3) is 0 Å². The van der Waals surface area contributed by atoms with Crippen LogP contribution in [0.1, 0.15) is 27.0 Å². The zero-order valence-electron chi connectivity index (χ0n) is 14.8. The van der Waals surface area contributed by atoms with Crippen molar-refractivity contribution in [2.24, 2.45) is 0 Å². The second-order valence-electron chi connectivity index (χ2n) is 5.72. The molecule has 2 aromatic carbocycles. The first-order chi connectivity index (χ1) is 13.2. The van der Waals surface area contributed by atoms with Crippen molar-refractivity contribution in [1.82, 2.24) is 5.32 Å².